The number of hydrogen-bond acceptors (Lipinski definition) is 3. The first kappa shape index (κ1) is 13.8. The van der Waals surface area contributed by atoms with Gasteiger partial charge in [0, 0.05) is 24.3 Å². The average Bonchev–Trinajstić information content (AvgIpc) is 2.37. The average molecular weight is 278 g/mol. The third-order valence-corrected chi connectivity index (χ3v) is 2.54. The van der Waals surface area contributed by atoms with Crippen LogP contribution >= 0.6 is 0 Å². The van der Waals surface area contributed by atoms with Crippen molar-refractivity contribution in [2.24, 2.45) is 5.73 Å². The lowest BCUT2D eigenvalue weighted by Gasteiger charge is -2.12. The minimum Gasteiger partial charge on any atom is -0.497 e. The zero-order chi connectivity index (χ0) is 14.7. The molecule has 104 valence electrons. The molecule has 0 aliphatic heterocycles. The quantitative estimate of drug-likeness (QED) is 0.667. The molecule has 0 atom stereocenters. The van der Waals surface area contributed by atoms with Crippen molar-refractivity contribution in [3.05, 3.63) is 53.6 Å². The van der Waals surface area contributed by atoms with Crippen molar-refractivity contribution in [2.45, 2.75) is 0 Å². The standard InChI is InChI=1S/C14H12F2N2O2/c1-19-10-2-3-12(14(17)18)13(7-10)20-11-5-8(15)4-9(16)6-11/h2-7H,1H3,(H3,17,18). The van der Waals surface area contributed by atoms with E-state index in [1.165, 1.54) is 19.2 Å². The van der Waals surface area contributed by atoms with Crippen molar-refractivity contribution in [2.75, 3.05) is 7.11 Å². The molecular formula is C14H12F2N2O2. The third-order valence-electron chi connectivity index (χ3n) is 2.54. The van der Waals surface area contributed by atoms with Crippen molar-refractivity contribution in [1.29, 1.82) is 5.41 Å². The Bertz CT molecular complexity index is 639. The minimum atomic E-state index is -0.757. The van der Waals surface area contributed by atoms with E-state index in [9.17, 15) is 8.78 Å². The van der Waals surface area contributed by atoms with Gasteiger partial charge in [-0.2, -0.15) is 0 Å². The topological polar surface area (TPSA) is 68.3 Å². The highest BCUT2D eigenvalue weighted by Crippen LogP contribution is 2.30. The number of amidine groups is 1. The molecule has 0 aromatic heterocycles. The van der Waals surface area contributed by atoms with Crippen LogP contribution in [0.4, 0.5) is 8.78 Å². The van der Waals surface area contributed by atoms with Crippen LogP contribution in [0.2, 0.25) is 0 Å². The molecule has 0 amide bonds. The lowest BCUT2D eigenvalue weighted by atomic mass is 10.1. The molecule has 0 bridgehead atoms. The van der Waals surface area contributed by atoms with E-state index in [0.717, 1.165) is 18.2 Å². The van der Waals surface area contributed by atoms with Crippen molar-refractivity contribution in [3.8, 4) is 17.2 Å². The second-order valence-electron chi connectivity index (χ2n) is 3.98. The van der Waals surface area contributed by atoms with Crippen molar-refractivity contribution >= 4 is 5.84 Å². The molecular weight excluding hydrogens is 266 g/mol. The maximum absolute atomic E-state index is 13.1. The number of rotatable bonds is 4. The molecule has 4 nitrogen and oxygen atoms in total. The van der Waals surface area contributed by atoms with Gasteiger partial charge in [0.15, 0.2) is 0 Å². The number of methoxy groups -OCH3 is 1. The zero-order valence-corrected chi connectivity index (χ0v) is 10.6. The smallest absolute Gasteiger partial charge is 0.142 e. The van der Waals surface area contributed by atoms with E-state index in [1.807, 2.05) is 0 Å². The highest BCUT2D eigenvalue weighted by Gasteiger charge is 2.11. The van der Waals surface area contributed by atoms with Gasteiger partial charge in [0.25, 0.3) is 0 Å². The van der Waals surface area contributed by atoms with Crippen LogP contribution in [0.25, 0.3) is 0 Å². The molecule has 2 aromatic carbocycles. The highest BCUT2D eigenvalue weighted by molar-refractivity contribution is 5.97. The summed E-state index contributed by atoms with van der Waals surface area (Å²) in [5.41, 5.74) is 5.74. The minimum absolute atomic E-state index is 0.0294. The van der Waals surface area contributed by atoms with Crippen LogP contribution in [0.3, 0.4) is 0 Å². The molecule has 0 fully saturated rings. The summed E-state index contributed by atoms with van der Waals surface area (Å²) >= 11 is 0. The van der Waals surface area contributed by atoms with Gasteiger partial charge in [-0.05, 0) is 12.1 Å². The normalized spacial score (nSPS) is 10.2. The summed E-state index contributed by atoms with van der Waals surface area (Å²) in [6, 6.07) is 7.44. The van der Waals surface area contributed by atoms with Crippen LogP contribution in [0, 0.1) is 17.0 Å². The van der Waals surface area contributed by atoms with E-state index >= 15 is 0 Å². The summed E-state index contributed by atoms with van der Waals surface area (Å²) in [6.45, 7) is 0. The van der Waals surface area contributed by atoms with Gasteiger partial charge in [0.2, 0.25) is 0 Å². The number of benzene rings is 2. The zero-order valence-electron chi connectivity index (χ0n) is 10.6. The van der Waals surface area contributed by atoms with Crippen LogP contribution in [0.5, 0.6) is 17.2 Å². The Morgan fingerprint density at radius 2 is 1.70 bits per heavy atom. The van der Waals surface area contributed by atoms with E-state index in [0.29, 0.717) is 11.3 Å². The monoisotopic (exact) mass is 278 g/mol. The van der Waals surface area contributed by atoms with Crippen LogP contribution in [-0.2, 0) is 0 Å². The van der Waals surface area contributed by atoms with Crippen LogP contribution in [-0.4, -0.2) is 12.9 Å². The fourth-order valence-electron chi connectivity index (χ4n) is 1.65. The highest BCUT2D eigenvalue weighted by atomic mass is 19.1. The fourth-order valence-corrected chi connectivity index (χ4v) is 1.65. The van der Waals surface area contributed by atoms with Gasteiger partial charge < -0.3 is 15.2 Å². The van der Waals surface area contributed by atoms with Gasteiger partial charge in [-0.3, -0.25) is 5.41 Å². The SMILES string of the molecule is COc1ccc(C(=N)N)c(Oc2cc(F)cc(F)c2)c1. The van der Waals surface area contributed by atoms with E-state index in [-0.39, 0.29) is 17.3 Å². The molecule has 20 heavy (non-hydrogen) atoms. The molecule has 0 heterocycles. The van der Waals surface area contributed by atoms with Gasteiger partial charge in [0.05, 0.1) is 12.7 Å². The Kier molecular flexibility index (Phi) is 3.84. The Labute approximate surface area is 114 Å². The number of nitrogen functional groups attached to an aromatic ring is 1. The van der Waals surface area contributed by atoms with Crippen LogP contribution in [0.1, 0.15) is 5.56 Å². The predicted molar refractivity (Wildman–Crippen MR) is 70.4 cm³/mol. The Morgan fingerprint density at radius 1 is 1.05 bits per heavy atom. The number of nitrogens with two attached hydrogens (primary N) is 1. The molecule has 0 saturated heterocycles. The molecule has 0 aliphatic carbocycles. The molecule has 0 spiro atoms. The summed E-state index contributed by atoms with van der Waals surface area (Å²) < 4.78 is 36.7. The van der Waals surface area contributed by atoms with Crippen LogP contribution in [0.15, 0.2) is 36.4 Å². The lowest BCUT2D eigenvalue weighted by molar-refractivity contribution is 0.408. The van der Waals surface area contributed by atoms with E-state index < -0.39 is 11.6 Å². The lowest BCUT2D eigenvalue weighted by Crippen LogP contribution is -2.12. The largest absolute Gasteiger partial charge is 0.497 e. The maximum atomic E-state index is 13.1. The molecule has 0 radical (unpaired) electrons. The maximum Gasteiger partial charge on any atom is 0.142 e. The molecule has 6 heteroatoms. The second kappa shape index (κ2) is 5.56. The molecule has 2 rings (SSSR count). The first-order valence-corrected chi connectivity index (χ1v) is 5.66. The number of nitrogens with one attached hydrogen (secondary N) is 1. The summed E-state index contributed by atoms with van der Waals surface area (Å²) in [7, 11) is 1.47. The Balaban J connectivity index is 2.42. The Morgan fingerprint density at radius 3 is 2.25 bits per heavy atom. The van der Waals surface area contributed by atoms with E-state index in [2.05, 4.69) is 0 Å². The fraction of sp³-hybridized carbons (Fsp3) is 0.0714. The van der Waals surface area contributed by atoms with Crippen molar-refractivity contribution in [3.63, 3.8) is 0 Å². The van der Waals surface area contributed by atoms with Crippen LogP contribution < -0.4 is 15.2 Å². The van der Waals surface area contributed by atoms with E-state index in [4.69, 9.17) is 20.6 Å². The molecule has 2 aromatic rings. The molecule has 0 aliphatic rings. The first-order chi connectivity index (χ1) is 9.49. The number of hydrogen-bond donors (Lipinski definition) is 2. The van der Waals surface area contributed by atoms with Gasteiger partial charge in [-0.1, -0.05) is 0 Å². The summed E-state index contributed by atoms with van der Waals surface area (Å²) in [6.07, 6.45) is 0. The van der Waals surface area contributed by atoms with E-state index in [1.54, 1.807) is 6.07 Å². The van der Waals surface area contributed by atoms with Gasteiger partial charge in [-0.25, -0.2) is 8.78 Å². The van der Waals surface area contributed by atoms with Crippen molar-refractivity contribution < 1.29 is 18.3 Å². The van der Waals surface area contributed by atoms with Gasteiger partial charge >= 0.3 is 0 Å². The van der Waals surface area contributed by atoms with Gasteiger partial charge in [-0.15, -0.1) is 0 Å². The number of halogens is 2. The predicted octanol–water partition coefficient (Wildman–Crippen LogP) is 3.05. The first-order valence-electron chi connectivity index (χ1n) is 5.66. The van der Waals surface area contributed by atoms with Crippen molar-refractivity contribution in [1.82, 2.24) is 0 Å². The third kappa shape index (κ3) is 3.03. The number of ether oxygens (including phenoxy) is 2. The molecule has 3 N–H and O–H groups in total. The Hall–Kier alpha value is -2.63. The second-order valence-corrected chi connectivity index (χ2v) is 3.98. The summed E-state index contributed by atoms with van der Waals surface area (Å²) in [5.74, 6) is -1.11. The summed E-state index contributed by atoms with van der Waals surface area (Å²) in [4.78, 5) is 0. The summed E-state index contributed by atoms with van der Waals surface area (Å²) in [5, 5.41) is 7.46. The molecule has 0 saturated carbocycles. The molecule has 0 unspecified atom stereocenters. The van der Waals surface area contributed by atoms with Gasteiger partial charge in [0.1, 0.15) is 34.7 Å².